The first kappa shape index (κ1) is 14.5. The van der Waals surface area contributed by atoms with Crippen LogP contribution >= 0.6 is 11.3 Å². The zero-order chi connectivity index (χ0) is 14.3. The average Bonchev–Trinajstić information content (AvgIpc) is 2.78. The quantitative estimate of drug-likeness (QED) is 0.782. The lowest BCUT2D eigenvalue weighted by Gasteiger charge is -2.49. The van der Waals surface area contributed by atoms with E-state index in [2.05, 4.69) is 0 Å². The monoisotopic (exact) mass is 282 g/mol. The minimum absolute atomic E-state index is 0.206. The second-order valence-corrected chi connectivity index (χ2v) is 7.15. The first-order valence-corrected chi connectivity index (χ1v) is 7.37. The van der Waals surface area contributed by atoms with Crippen LogP contribution in [0, 0.1) is 0 Å². The largest absolute Gasteiger partial charge is 0.459 e. The molecule has 0 N–H and O–H groups in total. The molecule has 1 radical (unpaired) electrons. The van der Waals surface area contributed by atoms with E-state index in [1.54, 1.807) is 11.4 Å². The summed E-state index contributed by atoms with van der Waals surface area (Å²) in [4.78, 5) is 12.0. The zero-order valence-corrected chi connectivity index (χ0v) is 12.6. The van der Waals surface area contributed by atoms with Crippen LogP contribution in [0.2, 0.25) is 0 Å². The van der Waals surface area contributed by atoms with Crippen molar-refractivity contribution in [2.45, 2.75) is 57.7 Å². The Morgan fingerprint density at radius 1 is 1.32 bits per heavy atom. The van der Waals surface area contributed by atoms with Gasteiger partial charge in [0.25, 0.3) is 0 Å². The Hall–Kier alpha value is -0.910. The van der Waals surface area contributed by atoms with Crippen molar-refractivity contribution in [3.8, 4) is 0 Å². The molecule has 0 saturated carbocycles. The van der Waals surface area contributed by atoms with E-state index >= 15 is 0 Å². The molecule has 0 spiro atoms. The minimum Gasteiger partial charge on any atom is -0.459 e. The number of hydrogen-bond donors (Lipinski definition) is 0. The summed E-state index contributed by atoms with van der Waals surface area (Å²) in [6, 6.07) is 1.76. The van der Waals surface area contributed by atoms with Crippen molar-refractivity contribution in [1.29, 1.82) is 0 Å². The molecule has 0 amide bonds. The maximum absolute atomic E-state index is 12.2. The first-order valence-electron chi connectivity index (χ1n) is 6.43. The lowest BCUT2D eigenvalue weighted by Crippen LogP contribution is -2.60. The van der Waals surface area contributed by atoms with Crippen molar-refractivity contribution < 1.29 is 14.7 Å². The Bertz CT molecular complexity index is 435. The van der Waals surface area contributed by atoms with Gasteiger partial charge in [0.15, 0.2) is 0 Å². The van der Waals surface area contributed by atoms with Crippen molar-refractivity contribution in [3.63, 3.8) is 0 Å². The van der Waals surface area contributed by atoms with Gasteiger partial charge in [0, 0.05) is 29.3 Å². The summed E-state index contributed by atoms with van der Waals surface area (Å²) in [6.45, 7) is 7.58. The molecular formula is C14H20NO3S. The van der Waals surface area contributed by atoms with E-state index in [-0.39, 0.29) is 12.1 Å². The number of hydrogen-bond acceptors (Lipinski definition) is 4. The third-order valence-corrected chi connectivity index (χ3v) is 4.27. The fourth-order valence-electron chi connectivity index (χ4n) is 2.86. The van der Waals surface area contributed by atoms with Gasteiger partial charge in [0.2, 0.25) is 0 Å². The average molecular weight is 282 g/mol. The highest BCUT2D eigenvalue weighted by Gasteiger charge is 2.47. The molecule has 2 heterocycles. The highest BCUT2D eigenvalue weighted by molar-refractivity contribution is 7.08. The summed E-state index contributed by atoms with van der Waals surface area (Å²) in [7, 11) is 0. The summed E-state index contributed by atoms with van der Waals surface area (Å²) in [5, 5.41) is 17.0. The summed E-state index contributed by atoms with van der Waals surface area (Å²) >= 11 is 1.47. The van der Waals surface area contributed by atoms with Gasteiger partial charge in [-0.05, 0) is 39.1 Å². The Morgan fingerprint density at radius 3 is 2.37 bits per heavy atom. The Balaban J connectivity index is 2.08. The van der Waals surface area contributed by atoms with Crippen molar-refractivity contribution in [2.24, 2.45) is 0 Å². The third-order valence-electron chi connectivity index (χ3n) is 3.58. The van der Waals surface area contributed by atoms with E-state index < -0.39 is 11.1 Å². The number of rotatable bonds is 2. The van der Waals surface area contributed by atoms with Crippen LogP contribution in [0.4, 0.5) is 0 Å². The number of piperidine rings is 1. The van der Waals surface area contributed by atoms with Gasteiger partial charge in [0.05, 0.1) is 5.56 Å². The predicted molar refractivity (Wildman–Crippen MR) is 73.4 cm³/mol. The van der Waals surface area contributed by atoms with Crippen LogP contribution in [0.1, 0.15) is 50.9 Å². The summed E-state index contributed by atoms with van der Waals surface area (Å²) in [5.74, 6) is -0.294. The van der Waals surface area contributed by atoms with Crippen LogP contribution in [-0.2, 0) is 9.94 Å². The van der Waals surface area contributed by atoms with E-state index in [9.17, 15) is 10.0 Å². The second-order valence-electron chi connectivity index (χ2n) is 6.37. The molecule has 1 saturated heterocycles. The van der Waals surface area contributed by atoms with Gasteiger partial charge < -0.3 is 4.74 Å². The number of hydroxylamine groups is 2. The molecule has 19 heavy (non-hydrogen) atoms. The van der Waals surface area contributed by atoms with Gasteiger partial charge in [-0.15, -0.1) is 10.3 Å². The van der Waals surface area contributed by atoms with Crippen LogP contribution < -0.4 is 0 Å². The number of carbonyl (C=O) groups excluding carboxylic acids is 1. The van der Waals surface area contributed by atoms with Crippen molar-refractivity contribution in [3.05, 3.63) is 22.4 Å². The smallest absolute Gasteiger partial charge is 0.339 e. The summed E-state index contributed by atoms with van der Waals surface area (Å²) < 4.78 is 5.56. The molecule has 105 valence electrons. The van der Waals surface area contributed by atoms with E-state index in [0.29, 0.717) is 18.4 Å². The topological polar surface area (TPSA) is 49.4 Å². The van der Waals surface area contributed by atoms with E-state index in [1.165, 1.54) is 11.3 Å². The maximum Gasteiger partial charge on any atom is 0.339 e. The van der Waals surface area contributed by atoms with Crippen LogP contribution in [-0.4, -0.2) is 28.2 Å². The molecule has 1 aromatic rings. The predicted octanol–water partition coefficient (Wildman–Crippen LogP) is 3.27. The van der Waals surface area contributed by atoms with Gasteiger partial charge in [-0.25, -0.2) is 4.79 Å². The van der Waals surface area contributed by atoms with E-state index in [4.69, 9.17) is 4.74 Å². The molecule has 0 bridgehead atoms. The molecule has 0 unspecified atom stereocenters. The maximum atomic E-state index is 12.2. The number of thiophene rings is 1. The summed E-state index contributed by atoms with van der Waals surface area (Å²) in [6.07, 6.45) is 0.925. The fourth-order valence-corrected chi connectivity index (χ4v) is 3.48. The number of esters is 1. The molecule has 2 rings (SSSR count). The van der Waals surface area contributed by atoms with Crippen LogP contribution in [0.25, 0.3) is 0 Å². The fraction of sp³-hybridized carbons (Fsp3) is 0.643. The first-order chi connectivity index (χ1) is 8.72. The van der Waals surface area contributed by atoms with Gasteiger partial charge in [-0.2, -0.15) is 11.3 Å². The van der Waals surface area contributed by atoms with Crippen LogP contribution in [0.15, 0.2) is 16.8 Å². The van der Waals surface area contributed by atoms with Crippen molar-refractivity contribution in [1.82, 2.24) is 5.06 Å². The Kier molecular flexibility index (Phi) is 3.73. The highest BCUT2D eigenvalue weighted by atomic mass is 32.1. The molecule has 1 aromatic heterocycles. The molecule has 4 nitrogen and oxygen atoms in total. The van der Waals surface area contributed by atoms with Crippen LogP contribution in [0.3, 0.4) is 0 Å². The third kappa shape index (κ3) is 2.99. The number of carbonyl (C=O) groups is 1. The second kappa shape index (κ2) is 4.89. The standard InChI is InChI=1S/C14H20NO3S/c1-13(2)7-11(8-14(3,4)15(13)17)18-12(16)10-5-6-19-9-10/h5-6,9,11H,7-8H2,1-4H3. The van der Waals surface area contributed by atoms with E-state index in [1.807, 2.05) is 33.1 Å². The Morgan fingerprint density at radius 2 is 1.89 bits per heavy atom. The molecular weight excluding hydrogens is 262 g/mol. The lowest BCUT2D eigenvalue weighted by molar-refractivity contribution is -0.298. The van der Waals surface area contributed by atoms with Crippen molar-refractivity contribution >= 4 is 17.3 Å². The molecule has 1 aliphatic heterocycles. The highest BCUT2D eigenvalue weighted by Crippen LogP contribution is 2.38. The van der Waals surface area contributed by atoms with Crippen molar-refractivity contribution in [2.75, 3.05) is 0 Å². The lowest BCUT2D eigenvalue weighted by atomic mass is 9.80. The Labute approximate surface area is 117 Å². The minimum atomic E-state index is -0.513. The molecule has 1 aliphatic rings. The van der Waals surface area contributed by atoms with E-state index in [0.717, 1.165) is 5.06 Å². The van der Waals surface area contributed by atoms with Gasteiger partial charge in [-0.3, -0.25) is 0 Å². The molecule has 1 fully saturated rings. The SMILES string of the molecule is CC1(C)CC(OC(=O)c2ccsc2)CC(C)(C)N1[O]. The molecule has 0 atom stereocenters. The van der Waals surface area contributed by atoms with Gasteiger partial charge in [0.1, 0.15) is 6.10 Å². The van der Waals surface area contributed by atoms with Gasteiger partial charge in [-0.1, -0.05) is 0 Å². The number of ether oxygens (including phenoxy) is 1. The van der Waals surface area contributed by atoms with Crippen LogP contribution in [0.5, 0.6) is 0 Å². The number of nitrogens with zero attached hydrogens (tertiary/aromatic N) is 1. The molecule has 5 heteroatoms. The zero-order valence-electron chi connectivity index (χ0n) is 11.8. The normalized spacial score (nSPS) is 23.2. The molecule has 0 aliphatic carbocycles. The molecule has 0 aromatic carbocycles. The summed E-state index contributed by atoms with van der Waals surface area (Å²) in [5.41, 5.74) is -0.437. The van der Waals surface area contributed by atoms with Gasteiger partial charge >= 0.3 is 5.97 Å².